The Kier molecular flexibility index (Phi) is 17.4. The van der Waals surface area contributed by atoms with Gasteiger partial charge in [0.15, 0.2) is 12.6 Å². The van der Waals surface area contributed by atoms with Gasteiger partial charge in [-0.2, -0.15) is 0 Å². The van der Waals surface area contributed by atoms with E-state index >= 15 is 0 Å². The van der Waals surface area contributed by atoms with E-state index in [0.29, 0.717) is 6.61 Å². The fourth-order valence-corrected chi connectivity index (χ4v) is 8.02. The minimum atomic E-state index is -1.45. The second-order valence-electron chi connectivity index (χ2n) is 16.2. The van der Waals surface area contributed by atoms with Crippen LogP contribution in [-0.4, -0.2) is 84.8 Å². The molecule has 0 unspecified atom stereocenters. The third kappa shape index (κ3) is 13.5. The summed E-state index contributed by atoms with van der Waals surface area (Å²) >= 11 is 0. The molecule has 0 radical (unpaired) electrons. The van der Waals surface area contributed by atoms with E-state index in [4.69, 9.17) is 42.6 Å². The first-order valence-electron chi connectivity index (χ1n) is 22.3. The summed E-state index contributed by atoms with van der Waals surface area (Å²) < 4.78 is 59.1. The van der Waals surface area contributed by atoms with Crippen molar-refractivity contribution in [2.75, 3.05) is 13.2 Å². The number of hydrogen-bond acceptors (Lipinski definition) is 11. The maximum Gasteiger partial charge on any atom is 0.187 e. The molecule has 11 nitrogen and oxygen atoms in total. The molecule has 0 aliphatic carbocycles. The Hall–Kier alpha value is -5.12. The van der Waals surface area contributed by atoms with Gasteiger partial charge in [-0.15, -0.1) is 0 Å². The van der Waals surface area contributed by atoms with Gasteiger partial charge >= 0.3 is 0 Å². The van der Waals surface area contributed by atoms with Crippen LogP contribution in [0.25, 0.3) is 0 Å². The summed E-state index contributed by atoms with van der Waals surface area (Å²) in [5.74, 6) is 0. The van der Waals surface area contributed by atoms with Gasteiger partial charge in [-0.3, -0.25) is 0 Å². The molecular formula is C54H58O11. The van der Waals surface area contributed by atoms with Gasteiger partial charge in [-0.1, -0.05) is 182 Å². The average Bonchev–Trinajstić information content (AvgIpc) is 3.36. The van der Waals surface area contributed by atoms with Crippen molar-refractivity contribution in [3.8, 4) is 0 Å². The Labute approximate surface area is 381 Å². The highest BCUT2D eigenvalue weighted by atomic mass is 16.7. The van der Waals surface area contributed by atoms with E-state index in [0.717, 1.165) is 33.4 Å². The molecule has 2 N–H and O–H groups in total. The zero-order valence-corrected chi connectivity index (χ0v) is 36.3. The predicted molar refractivity (Wildman–Crippen MR) is 243 cm³/mol. The predicted octanol–water partition coefficient (Wildman–Crippen LogP) is 7.95. The zero-order valence-electron chi connectivity index (χ0n) is 36.3. The maximum absolute atomic E-state index is 12.0. The van der Waals surface area contributed by atoms with Crippen LogP contribution in [-0.2, 0) is 82.3 Å². The lowest BCUT2D eigenvalue weighted by Crippen LogP contribution is -2.63. The van der Waals surface area contributed by atoms with Gasteiger partial charge in [0.05, 0.1) is 52.9 Å². The third-order valence-corrected chi connectivity index (χ3v) is 11.5. The van der Waals surface area contributed by atoms with Crippen molar-refractivity contribution in [1.29, 1.82) is 0 Å². The molecule has 11 heteroatoms. The summed E-state index contributed by atoms with van der Waals surface area (Å²) in [6.45, 7) is 1.39. The number of aliphatic hydroxyl groups excluding tert-OH is 2. The van der Waals surface area contributed by atoms with Crippen LogP contribution in [0.15, 0.2) is 182 Å². The van der Waals surface area contributed by atoms with E-state index in [-0.39, 0.29) is 46.2 Å². The van der Waals surface area contributed by atoms with Crippen molar-refractivity contribution in [2.45, 2.75) is 101 Å². The van der Waals surface area contributed by atoms with E-state index in [2.05, 4.69) is 0 Å². The topological polar surface area (TPSA) is 124 Å². The number of rotatable bonds is 22. The molecule has 6 aromatic rings. The Morgan fingerprint density at radius 3 is 1.11 bits per heavy atom. The Morgan fingerprint density at radius 1 is 0.323 bits per heavy atom. The molecule has 2 aliphatic heterocycles. The van der Waals surface area contributed by atoms with Gasteiger partial charge in [0.2, 0.25) is 0 Å². The van der Waals surface area contributed by atoms with Gasteiger partial charge in [-0.05, 0) is 33.4 Å². The average molecular weight is 883 g/mol. The normalized spacial score (nSPS) is 25.6. The van der Waals surface area contributed by atoms with Crippen LogP contribution in [0.3, 0.4) is 0 Å². The molecule has 65 heavy (non-hydrogen) atoms. The number of ether oxygens (including phenoxy) is 9. The van der Waals surface area contributed by atoms with E-state index in [1.807, 2.05) is 182 Å². The van der Waals surface area contributed by atoms with Crippen LogP contribution in [0.5, 0.6) is 0 Å². The van der Waals surface area contributed by atoms with Crippen LogP contribution in [0.4, 0.5) is 0 Å². The molecule has 0 aromatic heterocycles. The maximum atomic E-state index is 12.0. The minimum absolute atomic E-state index is 0.141. The summed E-state index contributed by atoms with van der Waals surface area (Å²) in [5.41, 5.74) is 5.70. The van der Waals surface area contributed by atoms with Crippen LogP contribution >= 0.6 is 0 Å². The second-order valence-corrected chi connectivity index (χ2v) is 16.2. The van der Waals surface area contributed by atoms with Crippen molar-refractivity contribution < 1.29 is 52.8 Å². The van der Waals surface area contributed by atoms with Gasteiger partial charge in [0, 0.05) is 0 Å². The fourth-order valence-electron chi connectivity index (χ4n) is 8.02. The van der Waals surface area contributed by atoms with Crippen molar-refractivity contribution in [2.24, 2.45) is 0 Å². The number of aliphatic hydroxyl groups is 2. The van der Waals surface area contributed by atoms with E-state index in [1.54, 1.807) is 0 Å². The minimum Gasteiger partial charge on any atom is -0.387 e. The molecule has 8 rings (SSSR count). The Morgan fingerprint density at radius 2 is 0.677 bits per heavy atom. The van der Waals surface area contributed by atoms with E-state index in [1.165, 1.54) is 0 Å². The van der Waals surface area contributed by atoms with Crippen LogP contribution in [0, 0.1) is 0 Å². The Bertz CT molecular complexity index is 2210. The van der Waals surface area contributed by atoms with E-state index < -0.39 is 61.4 Å². The molecule has 10 atom stereocenters. The summed E-state index contributed by atoms with van der Waals surface area (Å²) in [4.78, 5) is 0. The van der Waals surface area contributed by atoms with Crippen molar-refractivity contribution in [3.05, 3.63) is 215 Å². The van der Waals surface area contributed by atoms with E-state index in [9.17, 15) is 10.2 Å². The number of hydrogen-bond donors (Lipinski definition) is 2. The van der Waals surface area contributed by atoms with Crippen LogP contribution in [0.2, 0.25) is 0 Å². The lowest BCUT2D eigenvalue weighted by Gasteiger charge is -2.47. The summed E-state index contributed by atoms with van der Waals surface area (Å²) in [6.07, 6.45) is -9.77. The van der Waals surface area contributed by atoms with Crippen LogP contribution in [0.1, 0.15) is 33.4 Å². The molecule has 0 spiro atoms. The Balaban J connectivity index is 1.07. The van der Waals surface area contributed by atoms with Crippen molar-refractivity contribution >= 4 is 0 Å². The first-order chi connectivity index (χ1) is 32.1. The standard InChI is InChI=1S/C54H58O11/c55-47-45(64-53(56)51(61-35-43-27-15-5-16-28-43)49(47)59-33-41-23-11-3-12-24-41)38-63-54-52(62-36-44-29-17-6-18-30-44)50(60-34-42-25-13-4-14-26-42)48(58-32-40-21-9-2-10-22-40)46(65-54)37-57-31-39-19-7-1-8-20-39/h1-30,45-56H,31-38H2/t45-,46-,47-,48-,49+,50+,51-,52-,53+,54-/m1/s1. The van der Waals surface area contributed by atoms with Gasteiger partial charge < -0.3 is 52.8 Å². The molecule has 0 bridgehead atoms. The highest BCUT2D eigenvalue weighted by Crippen LogP contribution is 2.33. The third-order valence-electron chi connectivity index (χ3n) is 11.5. The highest BCUT2D eigenvalue weighted by molar-refractivity contribution is 5.18. The summed E-state index contributed by atoms with van der Waals surface area (Å²) in [6, 6.07) is 58.9. The molecule has 2 fully saturated rings. The van der Waals surface area contributed by atoms with Gasteiger partial charge in [0.25, 0.3) is 0 Å². The number of benzene rings is 6. The van der Waals surface area contributed by atoms with Crippen LogP contribution < -0.4 is 0 Å². The zero-order chi connectivity index (χ0) is 44.5. The quantitative estimate of drug-likeness (QED) is 0.0691. The second kappa shape index (κ2) is 24.4. The summed E-state index contributed by atoms with van der Waals surface area (Å²) in [5, 5.41) is 23.6. The fraction of sp³-hybridized carbons (Fsp3) is 0.333. The first kappa shape index (κ1) is 46.4. The molecule has 2 aliphatic rings. The van der Waals surface area contributed by atoms with Gasteiger partial charge in [-0.25, -0.2) is 0 Å². The molecular weight excluding hydrogens is 825 g/mol. The first-order valence-corrected chi connectivity index (χ1v) is 22.3. The molecule has 6 aromatic carbocycles. The largest absolute Gasteiger partial charge is 0.387 e. The molecule has 0 amide bonds. The SMILES string of the molecule is O[C@H]1[C@H](OCc2ccccc2)[C@@H](OCc2ccccc2)[C@@H](O)O[C@@H]1CO[C@@H]1O[C@H](COCc2ccccc2)[C@@H](OCc2ccccc2)[C@H](OCc2ccccc2)[C@H]1OCc1ccccc1. The van der Waals surface area contributed by atoms with Crippen molar-refractivity contribution in [3.63, 3.8) is 0 Å². The molecule has 0 saturated carbocycles. The lowest BCUT2D eigenvalue weighted by atomic mass is 9.97. The van der Waals surface area contributed by atoms with Crippen molar-refractivity contribution in [1.82, 2.24) is 0 Å². The summed E-state index contributed by atoms with van der Waals surface area (Å²) in [7, 11) is 0. The van der Waals surface area contributed by atoms with Gasteiger partial charge in [0.1, 0.15) is 48.8 Å². The molecule has 340 valence electrons. The monoisotopic (exact) mass is 882 g/mol. The highest BCUT2D eigenvalue weighted by Gasteiger charge is 2.51. The lowest BCUT2D eigenvalue weighted by molar-refractivity contribution is -0.346. The molecule has 2 heterocycles. The molecule has 2 saturated heterocycles. The smallest absolute Gasteiger partial charge is 0.187 e.